The zero-order valence-corrected chi connectivity index (χ0v) is 57.0. The third-order valence-corrected chi connectivity index (χ3v) is 24.9. The molecule has 5 aliphatic heterocycles. The van der Waals surface area contributed by atoms with E-state index in [4.69, 9.17) is 52.1 Å². The molecule has 10 aliphatic rings. The van der Waals surface area contributed by atoms with Crippen LogP contribution in [-0.2, 0) is 71.3 Å². The van der Waals surface area contributed by atoms with Gasteiger partial charge in [0.15, 0.2) is 18.9 Å². The first kappa shape index (κ1) is 79.2. The molecule has 34 nitrogen and oxygen atoms in total. The number of carbonyl (C=O) groups is 4. The van der Waals surface area contributed by atoms with Crippen LogP contribution in [0.3, 0.4) is 0 Å². The number of hydrogen-bond acceptors (Lipinski definition) is 33. The third kappa shape index (κ3) is 14.2. The Bertz CT molecular complexity index is 2920. The van der Waals surface area contributed by atoms with Gasteiger partial charge in [0.1, 0.15) is 129 Å². The van der Waals surface area contributed by atoms with Crippen LogP contribution in [0.5, 0.6) is 0 Å². The molecule has 5 aliphatic carbocycles. The van der Waals surface area contributed by atoms with Crippen LogP contribution in [0.25, 0.3) is 0 Å². The molecular weight excluding hydrogens is 1340 g/mol. The average Bonchev–Trinajstić information content (AvgIpc) is 0.674. The quantitative estimate of drug-likeness (QED) is 0.0307. The van der Waals surface area contributed by atoms with Gasteiger partial charge in [-0.1, -0.05) is 46.3 Å². The number of rotatable bonds is 20. The highest BCUT2D eigenvalue weighted by Crippen LogP contribution is 2.76. The topological polar surface area (TPSA) is 554 Å². The lowest BCUT2D eigenvalue weighted by Crippen LogP contribution is -2.67. The fourth-order valence-electron chi connectivity index (χ4n) is 18.6. The largest absolute Gasteiger partial charge is 0.481 e. The minimum atomic E-state index is -2.20. The van der Waals surface area contributed by atoms with Gasteiger partial charge in [-0.3, -0.25) is 19.2 Å². The smallest absolute Gasteiger partial charge is 0.317 e. The first-order valence-corrected chi connectivity index (χ1v) is 34.5. The first-order chi connectivity index (χ1) is 46.7. The normalized spacial score (nSPS) is 50.0. The monoisotopic (exact) mass is 1440 g/mol. The summed E-state index contributed by atoms with van der Waals surface area (Å²) in [6.45, 7) is 8.89. The summed E-state index contributed by atoms with van der Waals surface area (Å²) >= 11 is 0. The molecule has 4 saturated carbocycles. The molecule has 0 amide bonds. The van der Waals surface area contributed by atoms with Crippen LogP contribution in [0.1, 0.15) is 126 Å². The van der Waals surface area contributed by atoms with Crippen LogP contribution in [0.15, 0.2) is 11.6 Å². The Morgan fingerprint density at radius 2 is 1.00 bits per heavy atom. The van der Waals surface area contributed by atoms with E-state index in [0.717, 1.165) is 12.5 Å². The van der Waals surface area contributed by atoms with E-state index in [1.807, 2.05) is 0 Å². The summed E-state index contributed by atoms with van der Waals surface area (Å²) < 4.78 is 64.5. The van der Waals surface area contributed by atoms with Gasteiger partial charge < -0.3 is 149 Å². The van der Waals surface area contributed by atoms with Crippen molar-refractivity contribution in [1.29, 1.82) is 0 Å². The van der Waals surface area contributed by atoms with Crippen molar-refractivity contribution in [2.75, 3.05) is 33.0 Å². The average molecular weight is 1440 g/mol. The molecule has 35 unspecified atom stereocenters. The van der Waals surface area contributed by atoms with Gasteiger partial charge in [-0.15, -0.1) is 0 Å². The highest BCUT2D eigenvalue weighted by atomic mass is 16.8. The molecule has 35 atom stereocenters. The van der Waals surface area contributed by atoms with Gasteiger partial charge in [-0.25, -0.2) is 0 Å². The van der Waals surface area contributed by atoms with E-state index in [1.54, 1.807) is 6.92 Å². The summed E-state index contributed by atoms with van der Waals surface area (Å²) in [6.07, 6.45) is -45.1. The molecular formula is C66H104O34. The molecule has 0 bridgehead atoms. The van der Waals surface area contributed by atoms with Gasteiger partial charge in [-0.2, -0.15) is 0 Å². The van der Waals surface area contributed by atoms with Crippen LogP contribution in [-0.4, -0.2) is 319 Å². The van der Waals surface area contributed by atoms with Crippen molar-refractivity contribution in [3.63, 3.8) is 0 Å². The van der Waals surface area contributed by atoms with E-state index in [1.165, 1.54) is 0 Å². The molecule has 34 heteroatoms. The van der Waals surface area contributed by atoms with Gasteiger partial charge in [0, 0.05) is 0 Å². The molecule has 0 aromatic carbocycles. The minimum Gasteiger partial charge on any atom is -0.481 e. The van der Waals surface area contributed by atoms with Crippen LogP contribution in [0, 0.1) is 50.2 Å². The minimum absolute atomic E-state index is 0.127. The Balaban J connectivity index is 0.937. The Labute approximate surface area is 576 Å². The lowest BCUT2D eigenvalue weighted by molar-refractivity contribution is -0.377. The number of allylic oxidation sites excluding steroid dienone is 2. The number of carbonyl (C=O) groups excluding carboxylic acids is 3. The maximum atomic E-state index is 15.8. The number of esters is 3. The van der Waals surface area contributed by atoms with Crippen molar-refractivity contribution in [2.45, 2.75) is 291 Å². The highest BCUT2D eigenvalue weighted by Gasteiger charge is 2.72. The zero-order valence-electron chi connectivity index (χ0n) is 57.0. The van der Waals surface area contributed by atoms with Crippen LogP contribution >= 0.6 is 0 Å². The van der Waals surface area contributed by atoms with E-state index in [-0.39, 0.29) is 30.6 Å². The summed E-state index contributed by atoms with van der Waals surface area (Å²) in [5.74, 6) is -5.49. The van der Waals surface area contributed by atoms with Crippen molar-refractivity contribution in [1.82, 2.24) is 0 Å². The molecule has 0 aromatic heterocycles. The number of aliphatic hydroxyl groups excluding tert-OH is 17. The van der Waals surface area contributed by atoms with Gasteiger partial charge in [0.05, 0.1) is 61.8 Å². The molecule has 9 fully saturated rings. The van der Waals surface area contributed by atoms with E-state index in [0.29, 0.717) is 44.9 Å². The molecule has 10 rings (SSSR count). The van der Waals surface area contributed by atoms with Crippen LogP contribution in [0.2, 0.25) is 0 Å². The first-order valence-electron chi connectivity index (χ1n) is 34.5. The number of fused-ring (bicyclic) bond motifs is 7. The third-order valence-electron chi connectivity index (χ3n) is 24.9. The van der Waals surface area contributed by atoms with E-state index >= 15 is 4.79 Å². The molecule has 0 radical (unpaired) electrons. The van der Waals surface area contributed by atoms with Gasteiger partial charge in [-0.05, 0) is 117 Å². The summed E-state index contributed by atoms with van der Waals surface area (Å²) in [7, 11) is 0. The summed E-state index contributed by atoms with van der Waals surface area (Å²) in [5, 5.41) is 206. The number of aliphatic hydroxyl groups is 18. The van der Waals surface area contributed by atoms with Crippen molar-refractivity contribution >= 4 is 23.9 Å². The van der Waals surface area contributed by atoms with E-state index in [9.17, 15) is 111 Å². The summed E-state index contributed by atoms with van der Waals surface area (Å²) in [6, 6.07) is 0. The molecule has 19 N–H and O–H groups in total. The van der Waals surface area contributed by atoms with Crippen LogP contribution in [0.4, 0.5) is 0 Å². The fraction of sp³-hybridized carbons (Fsp3) is 0.909. The zero-order chi connectivity index (χ0) is 73.6. The fourth-order valence-corrected chi connectivity index (χ4v) is 18.6. The molecule has 100 heavy (non-hydrogen) atoms. The number of carboxylic acids is 1. The second kappa shape index (κ2) is 29.7. The summed E-state index contributed by atoms with van der Waals surface area (Å²) in [5.41, 5.74) is -6.12. The van der Waals surface area contributed by atoms with Crippen molar-refractivity contribution in [3.8, 4) is 0 Å². The second-order valence-corrected chi connectivity index (χ2v) is 31.6. The number of ether oxygens (including phenoxy) is 11. The Kier molecular flexibility index (Phi) is 23.5. The SMILES string of the molecule is CC1(C)CCC2(C(=O)OC3OC(COC4OC(COC(=O)CC(C)(O)CC(=O)O)C(O)C(O)C4OC4OC(CO)C(O)C(O)C4O)C(O)C(OC4OC(CO)C(O)C(O)C4O)C3O)CCC3(C)C(=CCC4C5(C)CCC(O)C(C)(C(=O)OC6OC(CO)C(O)C(O)C6O)C5CCC43C)C2C1. The van der Waals surface area contributed by atoms with Gasteiger partial charge in [0.2, 0.25) is 12.6 Å². The van der Waals surface area contributed by atoms with E-state index in [2.05, 4.69) is 40.7 Å². The van der Waals surface area contributed by atoms with Crippen molar-refractivity contribution < 1.29 is 168 Å². The number of hydrogen-bond donors (Lipinski definition) is 19. The van der Waals surface area contributed by atoms with Crippen molar-refractivity contribution in [2.24, 2.45) is 50.2 Å². The lowest BCUT2D eigenvalue weighted by Gasteiger charge is -2.71. The molecule has 0 aromatic rings. The van der Waals surface area contributed by atoms with Crippen LogP contribution < -0.4 is 0 Å². The molecule has 5 saturated heterocycles. The van der Waals surface area contributed by atoms with Gasteiger partial charge in [0.25, 0.3) is 0 Å². The molecule has 5 heterocycles. The Hall–Kier alpha value is -3.42. The number of aliphatic carboxylic acids is 1. The summed E-state index contributed by atoms with van der Waals surface area (Å²) in [4.78, 5) is 54.8. The maximum Gasteiger partial charge on any atom is 0.317 e. The predicted molar refractivity (Wildman–Crippen MR) is 328 cm³/mol. The maximum absolute atomic E-state index is 15.8. The Morgan fingerprint density at radius 1 is 0.510 bits per heavy atom. The Morgan fingerprint density at radius 3 is 1.57 bits per heavy atom. The second-order valence-electron chi connectivity index (χ2n) is 31.6. The predicted octanol–water partition coefficient (Wildman–Crippen LogP) is -5.55. The van der Waals surface area contributed by atoms with E-state index < -0.39 is 274 Å². The lowest BCUT2D eigenvalue weighted by atomic mass is 9.33. The van der Waals surface area contributed by atoms with Gasteiger partial charge >= 0.3 is 23.9 Å². The van der Waals surface area contributed by atoms with Crippen molar-refractivity contribution in [3.05, 3.63) is 11.6 Å². The highest BCUT2D eigenvalue weighted by molar-refractivity contribution is 5.80. The molecule has 572 valence electrons. The number of carboxylic acid groups (broad SMARTS) is 1. The molecule has 0 spiro atoms. The standard InChI is InChI=1S/C66H104O34/c1-60(2)14-16-66(17-15-63(5)26(27(66)18-60)8-9-33-62(4)12-11-35(70)65(7,34(62)10-13-64(33,63)6)58(87)99-55-49(85)45(81)40(76)30(23-69)94-55)59(88)100-56-50(86)51(97-53-47(83)43(79)38(74)28(21-67)92-53)42(78)32(95-56)25-91-57-52(98-54-48(84)44(80)39(75)29(22-68)93-54)46(82)41(77)31(96-57)24-90-37(73)20-61(3,89)19-36(71)72/h8,27-35,38-57,67-70,74-86,89H,9-25H2,1-7H3,(H,71,72).